The van der Waals surface area contributed by atoms with Gasteiger partial charge in [-0.25, -0.2) is 13.1 Å². The van der Waals surface area contributed by atoms with E-state index in [1.54, 1.807) is 4.80 Å². The highest BCUT2D eigenvalue weighted by Crippen LogP contribution is 2.27. The minimum atomic E-state index is -2.94. The zero-order valence-corrected chi connectivity index (χ0v) is 21.8. The first-order chi connectivity index (χ1) is 15.1. The number of benzene rings is 1. The van der Waals surface area contributed by atoms with Crippen molar-refractivity contribution in [1.29, 1.82) is 0 Å². The number of aromatic nitrogens is 3. The molecule has 1 heterocycles. The number of nitrogens with one attached hydrogen (secondary N) is 1. The Morgan fingerprint density at radius 3 is 1.44 bits per heavy atom. The first-order valence-corrected chi connectivity index (χ1v) is 12.0. The van der Waals surface area contributed by atoms with Crippen LogP contribution in [0, 0.1) is 13.8 Å². The maximum Gasteiger partial charge on any atom is 0.214 e. The van der Waals surface area contributed by atoms with Crippen molar-refractivity contribution in [3.05, 3.63) is 75.9 Å². The second-order valence-electron chi connectivity index (χ2n) is 7.06. The number of aryl methyl sites for hydroxylation is 2. The Morgan fingerprint density at radius 1 is 0.844 bits per heavy atom. The lowest BCUT2D eigenvalue weighted by atomic mass is 10.1. The molecule has 7 heteroatoms. The Morgan fingerprint density at radius 2 is 1.19 bits per heavy atom. The second-order valence-corrected chi connectivity index (χ2v) is 9.05. The third-order valence-electron chi connectivity index (χ3n) is 3.84. The zero-order valence-electron chi connectivity index (χ0n) is 21.0. The molecule has 1 aromatic carbocycles. The molecule has 0 unspecified atom stereocenters. The van der Waals surface area contributed by atoms with E-state index in [0.29, 0.717) is 6.04 Å². The molecule has 32 heavy (non-hydrogen) atoms. The molecule has 6 nitrogen and oxygen atoms in total. The molecule has 2 aromatic rings. The Hall–Kier alpha value is -2.51. The average molecular weight is 465 g/mol. The molecule has 0 saturated heterocycles. The maximum absolute atomic E-state index is 11.1. The first-order valence-electron chi connectivity index (χ1n) is 10.4. The molecule has 3 rings (SSSR count). The lowest BCUT2D eigenvalue weighted by Crippen LogP contribution is -2.32. The maximum atomic E-state index is 11.1. The van der Waals surface area contributed by atoms with Crippen LogP contribution >= 0.6 is 0 Å². The molecule has 1 N–H and O–H groups in total. The van der Waals surface area contributed by atoms with Gasteiger partial charge in [0.1, 0.15) is 11.0 Å². The summed E-state index contributed by atoms with van der Waals surface area (Å²) in [5.41, 5.74) is 4.52. The fraction of sp³-hybridized carbons (Fsp3) is 0.440. The van der Waals surface area contributed by atoms with Gasteiger partial charge in [-0.05, 0) is 77.6 Å². The summed E-state index contributed by atoms with van der Waals surface area (Å²) in [6.45, 7) is 36.0. The van der Waals surface area contributed by atoms with Crippen molar-refractivity contribution in [3.63, 3.8) is 0 Å². The highest BCUT2D eigenvalue weighted by molar-refractivity contribution is 7.90. The first kappa shape index (κ1) is 34.1. The van der Waals surface area contributed by atoms with Crippen LogP contribution in [0.4, 0.5) is 0 Å². The van der Waals surface area contributed by atoms with Crippen molar-refractivity contribution in [3.8, 4) is 0 Å². The van der Waals surface area contributed by atoms with E-state index >= 15 is 0 Å². The van der Waals surface area contributed by atoms with Crippen molar-refractivity contribution in [1.82, 2.24) is 19.7 Å². The van der Waals surface area contributed by atoms with Gasteiger partial charge in [0, 0.05) is 6.04 Å². The Labute approximate surface area is 196 Å². The number of hydrogen-bond donors (Lipinski definition) is 1. The van der Waals surface area contributed by atoms with Crippen molar-refractivity contribution < 1.29 is 8.42 Å². The number of fused-ring (bicyclic) bond motifs is 1. The van der Waals surface area contributed by atoms with Crippen LogP contribution in [-0.4, -0.2) is 34.7 Å². The average Bonchev–Trinajstić information content (AvgIpc) is 3.56. The normalized spacial score (nSPS) is 11.8. The molecular weight excluding hydrogens is 420 g/mol. The van der Waals surface area contributed by atoms with Crippen molar-refractivity contribution in [2.45, 2.75) is 71.7 Å². The fourth-order valence-corrected chi connectivity index (χ4v) is 3.83. The van der Waals surface area contributed by atoms with Gasteiger partial charge in [-0.15, -0.1) is 52.6 Å². The monoisotopic (exact) mass is 464 g/mol. The molecule has 0 bridgehead atoms. The Bertz CT molecular complexity index is 822. The molecule has 182 valence electrons. The van der Waals surface area contributed by atoms with E-state index in [0.717, 1.165) is 23.9 Å². The molecule has 0 amide bonds. The number of nitrogens with zero attached hydrogens (tertiary/aromatic N) is 3. The van der Waals surface area contributed by atoms with Crippen LogP contribution in [0.3, 0.4) is 0 Å². The van der Waals surface area contributed by atoms with Gasteiger partial charge < -0.3 is 0 Å². The van der Waals surface area contributed by atoms with Crippen LogP contribution in [0.1, 0.15) is 57.7 Å². The van der Waals surface area contributed by atoms with Crippen LogP contribution < -0.4 is 4.72 Å². The molecule has 0 atom stereocenters. The third-order valence-corrected chi connectivity index (χ3v) is 5.99. The summed E-state index contributed by atoms with van der Waals surface area (Å²) in [7, 11) is -2.94. The Balaban J connectivity index is -0.000000412. The standard InChI is InChI=1S/C11H15N3.C6H13NO2S.4C2H4/c1-7(2)14-12-10-5-8(3)9(4)6-11(10)13-14;1-5(2)7-10(8,9)6-3-4-6;4*1-2/h5-7H,1-4H3;5-7H,3-4H2,1-2H3;4*1-2H2. The lowest BCUT2D eigenvalue weighted by molar-refractivity contribution is 0.472. The van der Waals surface area contributed by atoms with Crippen LogP contribution in [0.25, 0.3) is 11.0 Å². The van der Waals surface area contributed by atoms with Crippen LogP contribution in [-0.2, 0) is 10.0 Å². The van der Waals surface area contributed by atoms with Crippen molar-refractivity contribution in [2.24, 2.45) is 0 Å². The van der Waals surface area contributed by atoms with Crippen molar-refractivity contribution >= 4 is 21.1 Å². The van der Waals surface area contributed by atoms with E-state index < -0.39 is 10.0 Å². The molecule has 0 aliphatic heterocycles. The summed E-state index contributed by atoms with van der Waals surface area (Å²) in [5, 5.41) is 8.75. The van der Waals surface area contributed by atoms with E-state index in [4.69, 9.17) is 0 Å². The summed E-state index contributed by atoms with van der Waals surface area (Å²) in [4.78, 5) is 1.77. The summed E-state index contributed by atoms with van der Waals surface area (Å²) in [5.74, 6) is 0. The van der Waals surface area contributed by atoms with E-state index in [2.05, 4.69) is 107 Å². The summed E-state index contributed by atoms with van der Waals surface area (Å²) >= 11 is 0. The largest absolute Gasteiger partial charge is 0.214 e. The third kappa shape index (κ3) is 12.4. The van der Waals surface area contributed by atoms with Gasteiger partial charge in [0.05, 0.1) is 11.3 Å². The van der Waals surface area contributed by atoms with Crippen molar-refractivity contribution in [2.75, 3.05) is 0 Å². The van der Waals surface area contributed by atoms with E-state index in [1.807, 2.05) is 13.8 Å². The summed E-state index contributed by atoms with van der Waals surface area (Å²) in [6.07, 6.45) is 1.67. The van der Waals surface area contributed by atoms with Crippen LogP contribution in [0.5, 0.6) is 0 Å². The fourth-order valence-electron chi connectivity index (χ4n) is 2.22. The Kier molecular flexibility index (Phi) is 19.3. The van der Waals surface area contributed by atoms with Crippen LogP contribution in [0.2, 0.25) is 0 Å². The van der Waals surface area contributed by atoms with Gasteiger partial charge in [0.15, 0.2) is 0 Å². The minimum absolute atomic E-state index is 0.0330. The van der Waals surface area contributed by atoms with Gasteiger partial charge in [-0.2, -0.15) is 15.0 Å². The predicted octanol–water partition coefficient (Wildman–Crippen LogP) is 6.31. The smallest absolute Gasteiger partial charge is 0.212 e. The minimum Gasteiger partial charge on any atom is -0.212 e. The van der Waals surface area contributed by atoms with Gasteiger partial charge in [-0.3, -0.25) is 0 Å². The van der Waals surface area contributed by atoms with Gasteiger partial charge in [0.25, 0.3) is 0 Å². The highest BCUT2D eigenvalue weighted by atomic mass is 32.2. The van der Waals surface area contributed by atoms with E-state index in [-0.39, 0.29) is 11.3 Å². The molecule has 0 spiro atoms. The topological polar surface area (TPSA) is 76.9 Å². The number of rotatable bonds is 4. The molecule has 0 radical (unpaired) electrons. The molecular formula is C25H44N4O2S. The van der Waals surface area contributed by atoms with Gasteiger partial charge in [-0.1, -0.05) is 0 Å². The molecule has 1 aromatic heterocycles. The van der Waals surface area contributed by atoms with Crippen LogP contribution in [0.15, 0.2) is 64.8 Å². The van der Waals surface area contributed by atoms with E-state index in [9.17, 15) is 8.42 Å². The molecule has 1 aliphatic carbocycles. The SMILES string of the molecule is C=C.C=C.C=C.C=C.CC(C)NS(=O)(=O)C1CC1.Cc1cc2nn(C(C)C)nc2cc1C. The van der Waals surface area contributed by atoms with E-state index in [1.165, 1.54) is 11.1 Å². The lowest BCUT2D eigenvalue weighted by Gasteiger charge is -2.07. The zero-order chi connectivity index (χ0) is 26.1. The number of sulfonamides is 1. The quantitative estimate of drug-likeness (QED) is 0.538. The van der Waals surface area contributed by atoms with Gasteiger partial charge in [0.2, 0.25) is 10.0 Å². The number of hydrogen-bond acceptors (Lipinski definition) is 4. The summed E-state index contributed by atoms with van der Waals surface area (Å²) in [6, 6.07) is 4.54. The predicted molar refractivity (Wildman–Crippen MR) is 143 cm³/mol. The van der Waals surface area contributed by atoms with Gasteiger partial charge >= 0.3 is 0 Å². The second kappa shape index (κ2) is 18.1. The molecule has 1 fully saturated rings. The highest BCUT2D eigenvalue weighted by Gasteiger charge is 2.35. The molecule has 1 aliphatic rings. The molecule has 1 saturated carbocycles. The summed E-state index contributed by atoms with van der Waals surface area (Å²) < 4.78 is 24.7.